The van der Waals surface area contributed by atoms with Gasteiger partial charge in [0, 0.05) is 37.5 Å². The summed E-state index contributed by atoms with van der Waals surface area (Å²) in [6.45, 7) is 0.867. The molecule has 0 bridgehead atoms. The molecule has 2 rings (SSSR count). The van der Waals surface area contributed by atoms with Gasteiger partial charge < -0.3 is 15.0 Å². The highest BCUT2D eigenvalue weighted by molar-refractivity contribution is 5.99. The molecule has 28 heavy (non-hydrogen) atoms. The zero-order chi connectivity index (χ0) is 20.8. The summed E-state index contributed by atoms with van der Waals surface area (Å²) in [5, 5.41) is 13.5. The van der Waals surface area contributed by atoms with E-state index in [4.69, 9.17) is 4.74 Å². The number of ether oxygens (including phenoxy) is 1. The molecule has 1 amide bonds. The van der Waals surface area contributed by atoms with E-state index in [-0.39, 0.29) is 17.0 Å². The van der Waals surface area contributed by atoms with Crippen LogP contribution in [0.15, 0.2) is 42.5 Å². The van der Waals surface area contributed by atoms with Crippen LogP contribution in [-0.2, 0) is 9.53 Å². The highest BCUT2D eigenvalue weighted by atomic mass is 16.6. The van der Waals surface area contributed by atoms with Crippen LogP contribution in [0.1, 0.15) is 27.6 Å². The fourth-order valence-electron chi connectivity index (χ4n) is 2.39. The summed E-state index contributed by atoms with van der Waals surface area (Å²) in [4.78, 5) is 47.5. The van der Waals surface area contributed by atoms with E-state index in [0.29, 0.717) is 16.9 Å². The summed E-state index contributed by atoms with van der Waals surface area (Å²) in [6, 6.07) is 10.1. The molecule has 0 spiro atoms. The van der Waals surface area contributed by atoms with E-state index in [1.165, 1.54) is 19.1 Å². The van der Waals surface area contributed by atoms with Gasteiger partial charge in [-0.05, 0) is 37.3 Å². The molecule has 0 saturated carbocycles. The Labute approximate surface area is 161 Å². The molecule has 0 heterocycles. The molecule has 146 valence electrons. The smallest absolute Gasteiger partial charge is 0.341 e. The third kappa shape index (κ3) is 5.13. The standard InChI is InChI=1S/C19H19N3O6/c1-12(23)13-4-6-14(7-5-13)20-18(24)11-28-19(25)16-10-15(22(26)27)8-9-17(16)21(2)3/h4-10H,11H2,1-3H3,(H,20,24). The number of esters is 1. The predicted molar refractivity (Wildman–Crippen MR) is 103 cm³/mol. The van der Waals surface area contributed by atoms with Crippen molar-refractivity contribution >= 4 is 34.7 Å². The second kappa shape index (κ2) is 8.76. The maximum absolute atomic E-state index is 12.3. The van der Waals surface area contributed by atoms with Gasteiger partial charge in [0.15, 0.2) is 12.4 Å². The molecule has 0 aliphatic heterocycles. The van der Waals surface area contributed by atoms with Crippen molar-refractivity contribution in [3.8, 4) is 0 Å². The van der Waals surface area contributed by atoms with E-state index in [1.54, 1.807) is 43.3 Å². The first kappa shape index (κ1) is 20.6. The Kier molecular flexibility index (Phi) is 6.43. The van der Waals surface area contributed by atoms with E-state index in [2.05, 4.69) is 5.32 Å². The number of carbonyl (C=O) groups excluding carboxylic acids is 3. The van der Waals surface area contributed by atoms with Crippen LogP contribution in [0, 0.1) is 10.1 Å². The van der Waals surface area contributed by atoms with Gasteiger partial charge in [0.05, 0.1) is 16.2 Å². The van der Waals surface area contributed by atoms with Crippen molar-refractivity contribution in [2.75, 3.05) is 30.9 Å². The lowest BCUT2D eigenvalue weighted by atomic mass is 10.1. The van der Waals surface area contributed by atoms with Crippen LogP contribution in [0.4, 0.5) is 17.1 Å². The lowest BCUT2D eigenvalue weighted by molar-refractivity contribution is -0.384. The molecular weight excluding hydrogens is 366 g/mol. The maximum atomic E-state index is 12.3. The largest absolute Gasteiger partial charge is 0.452 e. The summed E-state index contributed by atoms with van der Waals surface area (Å²) in [5.41, 5.74) is 1.10. The fourth-order valence-corrected chi connectivity index (χ4v) is 2.39. The number of nitrogens with zero attached hydrogens (tertiary/aromatic N) is 2. The second-order valence-electron chi connectivity index (χ2n) is 6.11. The second-order valence-corrected chi connectivity index (χ2v) is 6.11. The monoisotopic (exact) mass is 385 g/mol. The number of nitro benzene ring substituents is 1. The number of benzene rings is 2. The summed E-state index contributed by atoms with van der Waals surface area (Å²) < 4.78 is 5.00. The molecule has 2 aromatic carbocycles. The van der Waals surface area contributed by atoms with E-state index in [0.717, 1.165) is 6.07 Å². The van der Waals surface area contributed by atoms with Crippen molar-refractivity contribution in [1.82, 2.24) is 0 Å². The quantitative estimate of drug-likeness (QED) is 0.337. The number of hydrogen-bond acceptors (Lipinski definition) is 7. The molecule has 0 aromatic heterocycles. The van der Waals surface area contributed by atoms with E-state index in [9.17, 15) is 24.5 Å². The summed E-state index contributed by atoms with van der Waals surface area (Å²) >= 11 is 0. The molecule has 1 N–H and O–H groups in total. The Hall–Kier alpha value is -3.75. The number of hydrogen-bond donors (Lipinski definition) is 1. The molecule has 9 heteroatoms. The van der Waals surface area contributed by atoms with Crippen molar-refractivity contribution in [2.45, 2.75) is 6.92 Å². The van der Waals surface area contributed by atoms with Crippen LogP contribution < -0.4 is 10.2 Å². The molecule has 2 aromatic rings. The minimum Gasteiger partial charge on any atom is -0.452 e. The minimum absolute atomic E-state index is 0.0159. The SMILES string of the molecule is CC(=O)c1ccc(NC(=O)COC(=O)c2cc([N+](=O)[O-])ccc2N(C)C)cc1. The van der Waals surface area contributed by atoms with Crippen molar-refractivity contribution < 1.29 is 24.0 Å². The van der Waals surface area contributed by atoms with E-state index in [1.807, 2.05) is 0 Å². The Morgan fingerprint density at radius 2 is 1.75 bits per heavy atom. The zero-order valence-corrected chi connectivity index (χ0v) is 15.6. The molecule has 0 unspecified atom stereocenters. The van der Waals surface area contributed by atoms with Gasteiger partial charge >= 0.3 is 5.97 Å². The van der Waals surface area contributed by atoms with Crippen LogP contribution in [0.2, 0.25) is 0 Å². The van der Waals surface area contributed by atoms with Gasteiger partial charge in [-0.2, -0.15) is 0 Å². The maximum Gasteiger partial charge on any atom is 0.341 e. The predicted octanol–water partition coefficient (Wildman–Crippen LogP) is 2.66. The van der Waals surface area contributed by atoms with Crippen molar-refractivity contribution in [1.29, 1.82) is 0 Å². The van der Waals surface area contributed by atoms with Crippen molar-refractivity contribution in [3.63, 3.8) is 0 Å². The lowest BCUT2D eigenvalue weighted by Gasteiger charge is -2.16. The van der Waals surface area contributed by atoms with Gasteiger partial charge in [-0.1, -0.05) is 0 Å². The van der Waals surface area contributed by atoms with Gasteiger partial charge in [0.25, 0.3) is 11.6 Å². The first-order valence-corrected chi connectivity index (χ1v) is 8.22. The number of amides is 1. The van der Waals surface area contributed by atoms with E-state index >= 15 is 0 Å². The first-order valence-electron chi connectivity index (χ1n) is 8.22. The molecule has 0 radical (unpaired) electrons. The van der Waals surface area contributed by atoms with Crippen LogP contribution >= 0.6 is 0 Å². The summed E-state index contributed by atoms with van der Waals surface area (Å²) in [5.74, 6) is -1.53. The number of nitro groups is 1. The van der Waals surface area contributed by atoms with Crippen LogP contribution in [0.3, 0.4) is 0 Å². The Balaban J connectivity index is 2.04. The highest BCUT2D eigenvalue weighted by Gasteiger charge is 2.20. The summed E-state index contributed by atoms with van der Waals surface area (Å²) in [7, 11) is 3.35. The average Bonchev–Trinajstić information content (AvgIpc) is 2.65. The van der Waals surface area contributed by atoms with Crippen molar-refractivity contribution in [3.05, 3.63) is 63.7 Å². The molecule has 0 atom stereocenters. The van der Waals surface area contributed by atoms with Gasteiger partial charge in [-0.3, -0.25) is 19.7 Å². The Bertz CT molecular complexity index is 922. The van der Waals surface area contributed by atoms with E-state index < -0.39 is 23.4 Å². The highest BCUT2D eigenvalue weighted by Crippen LogP contribution is 2.25. The van der Waals surface area contributed by atoms with Crippen LogP contribution in [0.25, 0.3) is 0 Å². The van der Waals surface area contributed by atoms with Gasteiger partial charge in [0.2, 0.25) is 0 Å². The number of Topliss-reactive ketones (excluding diaryl/α,β-unsaturated/α-hetero) is 1. The molecule has 0 fully saturated rings. The molecular formula is C19H19N3O6. The molecule has 0 aliphatic rings. The van der Waals surface area contributed by atoms with Crippen molar-refractivity contribution in [2.24, 2.45) is 0 Å². The summed E-state index contributed by atoms with van der Waals surface area (Å²) in [6.07, 6.45) is 0. The minimum atomic E-state index is -0.852. The van der Waals surface area contributed by atoms with Crippen LogP contribution in [0.5, 0.6) is 0 Å². The van der Waals surface area contributed by atoms with Gasteiger partial charge in [-0.25, -0.2) is 4.79 Å². The van der Waals surface area contributed by atoms with Gasteiger partial charge in [0.1, 0.15) is 0 Å². The van der Waals surface area contributed by atoms with Gasteiger partial charge in [-0.15, -0.1) is 0 Å². The zero-order valence-electron chi connectivity index (χ0n) is 15.6. The number of non-ortho nitro benzene ring substituents is 1. The fraction of sp³-hybridized carbons (Fsp3) is 0.211. The molecule has 0 saturated heterocycles. The number of carbonyl (C=O) groups is 3. The number of anilines is 2. The Morgan fingerprint density at radius 3 is 2.29 bits per heavy atom. The number of ketones is 1. The lowest BCUT2D eigenvalue weighted by Crippen LogP contribution is -2.22. The first-order chi connectivity index (χ1) is 13.2. The topological polar surface area (TPSA) is 119 Å². The average molecular weight is 385 g/mol. The van der Waals surface area contributed by atoms with Crippen LogP contribution in [-0.4, -0.2) is 43.3 Å². The molecule has 0 aliphatic carbocycles. The number of rotatable bonds is 7. The normalized spacial score (nSPS) is 10.1. The third-order valence-electron chi connectivity index (χ3n) is 3.80. The number of nitrogens with one attached hydrogen (secondary N) is 1. The molecule has 9 nitrogen and oxygen atoms in total. The Morgan fingerprint density at radius 1 is 1.11 bits per heavy atom. The third-order valence-corrected chi connectivity index (χ3v) is 3.80.